The Labute approximate surface area is 100 Å². The predicted octanol–water partition coefficient (Wildman–Crippen LogP) is 0.542. The Bertz CT molecular complexity index is 426. The molecule has 0 aromatic carbocycles. The van der Waals surface area contributed by atoms with Crippen LogP contribution in [0.4, 0.5) is 0 Å². The van der Waals surface area contributed by atoms with Crippen molar-refractivity contribution in [1.29, 1.82) is 0 Å². The van der Waals surface area contributed by atoms with E-state index < -0.39 is 0 Å². The fraction of sp³-hybridized carbons (Fsp3) is 0.500. The lowest BCUT2D eigenvalue weighted by molar-refractivity contribution is 0.0951. The molecule has 1 amide bonds. The molecule has 0 radical (unpaired) electrons. The third-order valence-corrected chi connectivity index (χ3v) is 2.43. The Kier molecular flexibility index (Phi) is 5.42. The van der Waals surface area contributed by atoms with Gasteiger partial charge in [0.25, 0.3) is 11.5 Å². The van der Waals surface area contributed by atoms with Gasteiger partial charge in [-0.05, 0) is 18.9 Å². The van der Waals surface area contributed by atoms with Crippen LogP contribution >= 0.6 is 0 Å². The molecule has 1 aromatic heterocycles. The monoisotopic (exact) mass is 238 g/mol. The van der Waals surface area contributed by atoms with Gasteiger partial charge in [0.05, 0.1) is 0 Å². The SMILES string of the molecule is COCCCCNC(=O)c1ccn(C)c(=O)c1. The van der Waals surface area contributed by atoms with Gasteiger partial charge in [0.2, 0.25) is 0 Å². The van der Waals surface area contributed by atoms with Crippen LogP contribution in [0.5, 0.6) is 0 Å². The number of nitrogens with one attached hydrogen (secondary N) is 1. The molecular formula is C12H18N2O3. The van der Waals surface area contributed by atoms with Gasteiger partial charge in [-0.2, -0.15) is 0 Å². The van der Waals surface area contributed by atoms with Gasteiger partial charge in [-0.25, -0.2) is 0 Å². The van der Waals surface area contributed by atoms with Crippen molar-refractivity contribution < 1.29 is 9.53 Å². The van der Waals surface area contributed by atoms with E-state index in [0.717, 1.165) is 12.8 Å². The van der Waals surface area contributed by atoms with E-state index in [0.29, 0.717) is 18.7 Å². The van der Waals surface area contributed by atoms with Gasteiger partial charge in [-0.3, -0.25) is 9.59 Å². The van der Waals surface area contributed by atoms with Gasteiger partial charge in [0.1, 0.15) is 0 Å². The van der Waals surface area contributed by atoms with E-state index in [-0.39, 0.29) is 11.5 Å². The first-order valence-electron chi connectivity index (χ1n) is 5.59. The molecular weight excluding hydrogens is 220 g/mol. The average molecular weight is 238 g/mol. The Morgan fingerprint density at radius 2 is 2.24 bits per heavy atom. The number of amides is 1. The maximum Gasteiger partial charge on any atom is 0.251 e. The Morgan fingerprint density at radius 1 is 1.47 bits per heavy atom. The second kappa shape index (κ2) is 6.85. The van der Waals surface area contributed by atoms with Gasteiger partial charge in [-0.15, -0.1) is 0 Å². The van der Waals surface area contributed by atoms with E-state index in [1.807, 2.05) is 0 Å². The van der Waals surface area contributed by atoms with Crippen LogP contribution in [0.3, 0.4) is 0 Å². The number of unbranched alkanes of at least 4 members (excludes halogenated alkanes) is 1. The molecule has 0 atom stereocenters. The molecule has 0 spiro atoms. The van der Waals surface area contributed by atoms with Crippen molar-refractivity contribution in [1.82, 2.24) is 9.88 Å². The van der Waals surface area contributed by atoms with Crippen molar-refractivity contribution in [3.05, 3.63) is 34.2 Å². The van der Waals surface area contributed by atoms with Gasteiger partial charge >= 0.3 is 0 Å². The molecule has 5 heteroatoms. The summed E-state index contributed by atoms with van der Waals surface area (Å²) in [5, 5.41) is 2.76. The topological polar surface area (TPSA) is 60.3 Å². The zero-order valence-corrected chi connectivity index (χ0v) is 10.2. The number of pyridine rings is 1. The molecule has 17 heavy (non-hydrogen) atoms. The molecule has 0 saturated heterocycles. The van der Waals surface area contributed by atoms with Crippen molar-refractivity contribution in [2.24, 2.45) is 7.05 Å². The van der Waals surface area contributed by atoms with Crippen LogP contribution in [0.25, 0.3) is 0 Å². The van der Waals surface area contributed by atoms with E-state index in [4.69, 9.17) is 4.74 Å². The number of nitrogens with zero attached hydrogens (tertiary/aromatic N) is 1. The van der Waals surface area contributed by atoms with Crippen LogP contribution in [0.1, 0.15) is 23.2 Å². The highest BCUT2D eigenvalue weighted by Crippen LogP contribution is 1.95. The molecule has 0 unspecified atom stereocenters. The van der Waals surface area contributed by atoms with Crippen LogP contribution in [0.2, 0.25) is 0 Å². The number of aryl methyl sites for hydroxylation is 1. The van der Waals surface area contributed by atoms with Crippen molar-refractivity contribution >= 4 is 5.91 Å². The molecule has 1 heterocycles. The Hall–Kier alpha value is -1.62. The fourth-order valence-corrected chi connectivity index (χ4v) is 1.37. The average Bonchev–Trinajstić information content (AvgIpc) is 2.32. The highest BCUT2D eigenvalue weighted by atomic mass is 16.5. The number of carbonyl (C=O) groups excluding carboxylic acids is 1. The minimum Gasteiger partial charge on any atom is -0.385 e. The van der Waals surface area contributed by atoms with Crippen molar-refractivity contribution in [2.45, 2.75) is 12.8 Å². The summed E-state index contributed by atoms with van der Waals surface area (Å²) in [5.74, 6) is -0.208. The lowest BCUT2D eigenvalue weighted by atomic mass is 10.2. The highest BCUT2D eigenvalue weighted by Gasteiger charge is 2.05. The summed E-state index contributed by atoms with van der Waals surface area (Å²) in [6.45, 7) is 1.29. The molecule has 94 valence electrons. The van der Waals surface area contributed by atoms with Gasteiger partial charge in [0.15, 0.2) is 0 Å². The number of rotatable bonds is 6. The summed E-state index contributed by atoms with van der Waals surface area (Å²) in [4.78, 5) is 23.0. The molecule has 0 aliphatic rings. The Balaban J connectivity index is 2.42. The molecule has 0 aliphatic carbocycles. The molecule has 0 aliphatic heterocycles. The third kappa shape index (κ3) is 4.40. The summed E-state index contributed by atoms with van der Waals surface area (Å²) >= 11 is 0. The van der Waals surface area contributed by atoms with Crippen LogP contribution < -0.4 is 10.9 Å². The van der Waals surface area contributed by atoms with Crippen LogP contribution in [0, 0.1) is 0 Å². The second-order valence-corrected chi connectivity index (χ2v) is 3.82. The Morgan fingerprint density at radius 3 is 2.88 bits per heavy atom. The van der Waals surface area contributed by atoms with Crippen molar-refractivity contribution in [3.63, 3.8) is 0 Å². The summed E-state index contributed by atoms with van der Waals surface area (Å²) < 4.78 is 6.33. The van der Waals surface area contributed by atoms with E-state index in [9.17, 15) is 9.59 Å². The van der Waals surface area contributed by atoms with Crippen LogP contribution in [-0.4, -0.2) is 30.7 Å². The third-order valence-electron chi connectivity index (χ3n) is 2.43. The number of aromatic nitrogens is 1. The first kappa shape index (κ1) is 13.4. The number of hydrogen-bond acceptors (Lipinski definition) is 3. The molecule has 0 bridgehead atoms. The quantitative estimate of drug-likeness (QED) is 0.736. The van der Waals surface area contributed by atoms with E-state index in [2.05, 4.69) is 5.32 Å². The first-order valence-corrected chi connectivity index (χ1v) is 5.59. The van der Waals surface area contributed by atoms with E-state index in [1.165, 1.54) is 10.6 Å². The fourth-order valence-electron chi connectivity index (χ4n) is 1.37. The summed E-state index contributed by atoms with van der Waals surface area (Å²) in [6, 6.07) is 2.97. The predicted molar refractivity (Wildman–Crippen MR) is 65.1 cm³/mol. The number of hydrogen-bond donors (Lipinski definition) is 1. The lowest BCUT2D eigenvalue weighted by Crippen LogP contribution is -2.27. The van der Waals surface area contributed by atoms with Crippen LogP contribution in [-0.2, 0) is 11.8 Å². The minimum atomic E-state index is -0.208. The maximum atomic E-state index is 11.7. The van der Waals surface area contributed by atoms with Crippen molar-refractivity contribution in [3.8, 4) is 0 Å². The normalized spacial score (nSPS) is 10.2. The summed E-state index contributed by atoms with van der Waals surface area (Å²) in [5.41, 5.74) is 0.219. The smallest absolute Gasteiger partial charge is 0.251 e. The maximum absolute atomic E-state index is 11.7. The van der Waals surface area contributed by atoms with Gasteiger partial charge in [-0.1, -0.05) is 0 Å². The largest absolute Gasteiger partial charge is 0.385 e. The molecule has 1 aromatic rings. The minimum absolute atomic E-state index is 0.183. The second-order valence-electron chi connectivity index (χ2n) is 3.82. The van der Waals surface area contributed by atoms with Crippen molar-refractivity contribution in [2.75, 3.05) is 20.3 Å². The highest BCUT2D eigenvalue weighted by molar-refractivity contribution is 5.93. The molecule has 1 rings (SSSR count). The standard InChI is InChI=1S/C12H18N2O3/c1-14-7-5-10(9-11(14)15)12(16)13-6-3-4-8-17-2/h5,7,9H,3-4,6,8H2,1-2H3,(H,13,16). The number of methoxy groups -OCH3 is 1. The van der Waals surface area contributed by atoms with E-state index in [1.54, 1.807) is 26.4 Å². The zero-order valence-electron chi connectivity index (χ0n) is 10.2. The summed E-state index contributed by atoms with van der Waals surface area (Å²) in [6.07, 6.45) is 3.36. The molecule has 5 nitrogen and oxygen atoms in total. The lowest BCUT2D eigenvalue weighted by Gasteiger charge is -2.05. The van der Waals surface area contributed by atoms with E-state index >= 15 is 0 Å². The molecule has 0 saturated carbocycles. The van der Waals surface area contributed by atoms with Gasteiger partial charge in [0, 0.05) is 45.1 Å². The van der Waals surface area contributed by atoms with Crippen LogP contribution in [0.15, 0.2) is 23.1 Å². The molecule has 0 fully saturated rings. The zero-order chi connectivity index (χ0) is 12.7. The first-order chi connectivity index (χ1) is 8.15. The number of ether oxygens (including phenoxy) is 1. The number of carbonyl (C=O) groups is 1. The molecule has 1 N–H and O–H groups in total. The summed E-state index contributed by atoms with van der Waals surface area (Å²) in [7, 11) is 3.30. The van der Waals surface area contributed by atoms with Gasteiger partial charge < -0.3 is 14.6 Å².